The Labute approximate surface area is 183 Å². The van der Waals surface area contributed by atoms with Gasteiger partial charge in [-0.15, -0.1) is 0 Å². The standard InChI is InChI=1S/C22H31N3O5S/c1-15(22-12-16-8-17(13-22)10-18(9-16)14-22)23-20-3-2-19(25(26)27)11-21(20)31(28,29)24-4-6-30-7-5-24/h2-3,11,15-18,23H,4-10,12-14H2,1H3. The molecule has 31 heavy (non-hydrogen) atoms. The summed E-state index contributed by atoms with van der Waals surface area (Å²) in [6.07, 6.45) is 7.64. The van der Waals surface area contributed by atoms with E-state index in [4.69, 9.17) is 4.74 Å². The van der Waals surface area contributed by atoms with E-state index >= 15 is 0 Å². The SMILES string of the molecule is CC(Nc1ccc([N+](=O)[O-])cc1S(=O)(=O)N1CCOCC1)C12CC3CC(CC(C3)C1)C2. The van der Waals surface area contributed by atoms with Gasteiger partial charge in [-0.3, -0.25) is 10.1 Å². The molecule has 1 N–H and O–H groups in total. The van der Waals surface area contributed by atoms with E-state index in [1.54, 1.807) is 6.07 Å². The van der Waals surface area contributed by atoms with Crippen LogP contribution in [-0.4, -0.2) is 50.0 Å². The van der Waals surface area contributed by atoms with E-state index in [2.05, 4.69) is 12.2 Å². The third kappa shape index (κ3) is 3.74. The molecule has 1 aliphatic heterocycles. The number of rotatable bonds is 6. The second-order valence-electron chi connectivity index (χ2n) is 10.1. The molecule has 1 atom stereocenters. The first-order chi connectivity index (χ1) is 14.8. The van der Waals surface area contributed by atoms with Crippen LogP contribution in [0.25, 0.3) is 0 Å². The van der Waals surface area contributed by atoms with Crippen LogP contribution in [0.2, 0.25) is 0 Å². The fraction of sp³-hybridized carbons (Fsp3) is 0.727. The van der Waals surface area contributed by atoms with Crippen LogP contribution in [0.15, 0.2) is 23.1 Å². The summed E-state index contributed by atoms with van der Waals surface area (Å²) in [5.41, 5.74) is 0.455. The largest absolute Gasteiger partial charge is 0.381 e. The number of ether oxygens (including phenoxy) is 1. The van der Waals surface area contributed by atoms with Crippen molar-refractivity contribution >= 4 is 21.4 Å². The van der Waals surface area contributed by atoms with E-state index in [1.807, 2.05) is 0 Å². The topological polar surface area (TPSA) is 102 Å². The summed E-state index contributed by atoms with van der Waals surface area (Å²) in [5.74, 6) is 2.39. The number of morpholine rings is 1. The smallest absolute Gasteiger partial charge is 0.270 e. The summed E-state index contributed by atoms with van der Waals surface area (Å²) < 4.78 is 33.5. The highest BCUT2D eigenvalue weighted by atomic mass is 32.2. The van der Waals surface area contributed by atoms with Crippen molar-refractivity contribution in [2.75, 3.05) is 31.6 Å². The highest BCUT2D eigenvalue weighted by molar-refractivity contribution is 7.89. The number of hydrogen-bond donors (Lipinski definition) is 1. The Hall–Kier alpha value is -1.71. The van der Waals surface area contributed by atoms with Gasteiger partial charge in [0.25, 0.3) is 5.69 Å². The van der Waals surface area contributed by atoms with Crippen LogP contribution in [0.3, 0.4) is 0 Å². The van der Waals surface area contributed by atoms with Gasteiger partial charge in [-0.1, -0.05) is 0 Å². The first kappa shape index (κ1) is 21.2. The van der Waals surface area contributed by atoms with Gasteiger partial charge in [-0.25, -0.2) is 8.42 Å². The zero-order valence-electron chi connectivity index (χ0n) is 18.0. The van der Waals surface area contributed by atoms with Gasteiger partial charge in [0, 0.05) is 31.3 Å². The number of anilines is 1. The van der Waals surface area contributed by atoms with Crippen LogP contribution < -0.4 is 5.32 Å². The maximum atomic E-state index is 13.4. The minimum Gasteiger partial charge on any atom is -0.381 e. The minimum absolute atomic E-state index is 0.000165. The monoisotopic (exact) mass is 449 g/mol. The Kier molecular flexibility index (Phi) is 5.26. The molecular formula is C22H31N3O5S. The highest BCUT2D eigenvalue weighted by Crippen LogP contribution is 2.61. The van der Waals surface area contributed by atoms with Gasteiger partial charge in [0.2, 0.25) is 10.0 Å². The molecule has 0 amide bonds. The van der Waals surface area contributed by atoms with E-state index in [0.29, 0.717) is 18.9 Å². The van der Waals surface area contributed by atoms with Crippen molar-refractivity contribution in [2.45, 2.75) is 56.4 Å². The van der Waals surface area contributed by atoms with Crippen molar-refractivity contribution in [3.63, 3.8) is 0 Å². The Balaban J connectivity index is 1.47. The fourth-order valence-corrected chi connectivity index (χ4v) is 8.56. The van der Waals surface area contributed by atoms with Gasteiger partial charge >= 0.3 is 0 Å². The molecule has 0 radical (unpaired) electrons. The molecule has 0 spiro atoms. The molecule has 170 valence electrons. The normalized spacial score (nSPS) is 33.9. The van der Waals surface area contributed by atoms with Gasteiger partial charge in [0.05, 0.1) is 23.8 Å². The molecule has 6 rings (SSSR count). The molecule has 1 saturated heterocycles. The molecule has 0 aromatic heterocycles. The molecular weight excluding hydrogens is 418 g/mol. The average molecular weight is 450 g/mol. The lowest BCUT2D eigenvalue weighted by atomic mass is 9.48. The molecule has 8 nitrogen and oxygen atoms in total. The van der Waals surface area contributed by atoms with Gasteiger partial charge in [-0.2, -0.15) is 4.31 Å². The van der Waals surface area contributed by atoms with Gasteiger partial charge in [0.15, 0.2) is 0 Å². The van der Waals surface area contributed by atoms with E-state index in [9.17, 15) is 18.5 Å². The molecule has 5 fully saturated rings. The molecule has 1 aromatic rings. The maximum Gasteiger partial charge on any atom is 0.270 e. The second kappa shape index (κ2) is 7.71. The molecule has 1 aromatic carbocycles. The molecule has 5 aliphatic rings. The average Bonchev–Trinajstić information content (AvgIpc) is 2.73. The Morgan fingerprint density at radius 3 is 2.26 bits per heavy atom. The third-order valence-electron chi connectivity index (χ3n) is 8.14. The van der Waals surface area contributed by atoms with Crippen LogP contribution >= 0.6 is 0 Å². The lowest BCUT2D eigenvalue weighted by molar-refractivity contribution is -0.385. The number of nitrogens with zero attached hydrogens (tertiary/aromatic N) is 2. The predicted octanol–water partition coefficient (Wildman–Crippen LogP) is 3.63. The van der Waals surface area contributed by atoms with Crippen molar-refractivity contribution in [2.24, 2.45) is 23.2 Å². The number of nitro benzene ring substituents is 1. The first-order valence-electron chi connectivity index (χ1n) is 11.4. The summed E-state index contributed by atoms with van der Waals surface area (Å²) in [4.78, 5) is 10.8. The maximum absolute atomic E-state index is 13.4. The Morgan fingerprint density at radius 1 is 1.13 bits per heavy atom. The third-order valence-corrected chi connectivity index (χ3v) is 10.1. The van der Waals surface area contributed by atoms with Crippen LogP contribution in [0.4, 0.5) is 11.4 Å². The number of hydrogen-bond acceptors (Lipinski definition) is 6. The van der Waals surface area contributed by atoms with Crippen LogP contribution in [-0.2, 0) is 14.8 Å². The number of sulfonamides is 1. The van der Waals surface area contributed by atoms with E-state index in [-0.39, 0.29) is 35.1 Å². The van der Waals surface area contributed by atoms with Crippen molar-refractivity contribution in [3.05, 3.63) is 28.3 Å². The number of nitro groups is 1. The van der Waals surface area contributed by atoms with E-state index < -0.39 is 14.9 Å². The van der Waals surface area contributed by atoms with Gasteiger partial charge in [0.1, 0.15) is 4.90 Å². The van der Waals surface area contributed by atoms with Crippen molar-refractivity contribution in [1.29, 1.82) is 0 Å². The summed E-state index contributed by atoms with van der Waals surface area (Å²) >= 11 is 0. The number of nitrogens with one attached hydrogen (secondary N) is 1. The van der Waals surface area contributed by atoms with Gasteiger partial charge < -0.3 is 10.1 Å². The number of benzene rings is 1. The lowest BCUT2D eigenvalue weighted by Crippen LogP contribution is -2.53. The molecule has 9 heteroatoms. The number of non-ortho nitro benzene ring substituents is 1. The lowest BCUT2D eigenvalue weighted by Gasteiger charge is -2.59. The van der Waals surface area contributed by atoms with Crippen molar-refractivity contribution < 1.29 is 18.1 Å². The van der Waals surface area contributed by atoms with E-state index in [1.165, 1.54) is 55.0 Å². The Morgan fingerprint density at radius 2 is 1.71 bits per heavy atom. The zero-order chi connectivity index (χ0) is 21.8. The summed E-state index contributed by atoms with van der Waals surface area (Å²) in [7, 11) is -3.86. The molecule has 4 bridgehead atoms. The molecule has 1 unspecified atom stereocenters. The molecule has 4 aliphatic carbocycles. The molecule has 1 heterocycles. The predicted molar refractivity (Wildman–Crippen MR) is 116 cm³/mol. The van der Waals surface area contributed by atoms with Crippen molar-refractivity contribution in [1.82, 2.24) is 4.31 Å². The minimum atomic E-state index is -3.86. The quantitative estimate of drug-likeness (QED) is 0.526. The zero-order valence-corrected chi connectivity index (χ0v) is 18.8. The second-order valence-corrected chi connectivity index (χ2v) is 12.0. The summed E-state index contributed by atoms with van der Waals surface area (Å²) in [5, 5.41) is 14.9. The van der Waals surface area contributed by atoms with Crippen LogP contribution in [0.5, 0.6) is 0 Å². The van der Waals surface area contributed by atoms with Crippen molar-refractivity contribution in [3.8, 4) is 0 Å². The molecule has 4 saturated carbocycles. The summed E-state index contributed by atoms with van der Waals surface area (Å²) in [6, 6.07) is 4.29. The first-order valence-corrected chi connectivity index (χ1v) is 12.8. The summed E-state index contributed by atoms with van der Waals surface area (Å²) in [6.45, 7) is 3.35. The Bertz CT molecular complexity index is 938. The van der Waals surface area contributed by atoms with Crippen LogP contribution in [0.1, 0.15) is 45.4 Å². The fourth-order valence-electron chi connectivity index (χ4n) is 6.98. The van der Waals surface area contributed by atoms with E-state index in [0.717, 1.165) is 17.8 Å². The van der Waals surface area contributed by atoms with Gasteiger partial charge in [-0.05, 0) is 74.7 Å². The highest BCUT2D eigenvalue weighted by Gasteiger charge is 2.53. The van der Waals surface area contributed by atoms with Crippen LogP contribution in [0, 0.1) is 33.3 Å².